The van der Waals surface area contributed by atoms with E-state index in [4.69, 9.17) is 14.2 Å². The third kappa shape index (κ3) is 7.59. The van der Waals surface area contributed by atoms with Crippen molar-refractivity contribution < 1.29 is 23.8 Å². The van der Waals surface area contributed by atoms with Crippen LogP contribution in [0.25, 0.3) is 31.7 Å². The number of ether oxygens (including phenoxy) is 3. The van der Waals surface area contributed by atoms with Gasteiger partial charge in [-0.2, -0.15) is 0 Å². The SMILES string of the molecule is Cc1ccc(OCCN2CCCCC2)cc1-c1c(-c2ccc(OC(=O)c3ccccc3)cc2)sc2cc(OC(=O)c3ccccc3)ccc12. The number of carbonyl (C=O) groups excluding carboxylic acids is 2. The molecule has 0 aliphatic carbocycles. The van der Waals surface area contributed by atoms with Crippen molar-refractivity contribution in [1.82, 2.24) is 4.90 Å². The van der Waals surface area contributed by atoms with Gasteiger partial charge in [0.1, 0.15) is 23.9 Å². The third-order valence-electron chi connectivity index (χ3n) is 8.82. The van der Waals surface area contributed by atoms with Crippen LogP contribution >= 0.6 is 11.3 Å². The van der Waals surface area contributed by atoms with Gasteiger partial charge in [-0.15, -0.1) is 11.3 Å². The minimum absolute atomic E-state index is 0.400. The molecule has 0 radical (unpaired) electrons. The number of thiophene rings is 1. The smallest absolute Gasteiger partial charge is 0.343 e. The fourth-order valence-electron chi connectivity index (χ4n) is 6.20. The number of nitrogens with zero attached hydrogens (tertiary/aromatic N) is 1. The standard InChI is InChI=1S/C42H37NO5S/c1-29-15-18-34(46-26-25-43-23-9-4-10-24-43)27-37(29)39-36-22-21-35(48-42(45)32-13-7-3-8-14-32)28-38(36)49-40(39)30-16-19-33(20-17-30)47-41(44)31-11-5-2-6-12-31/h2-3,5-8,11-22,27-28H,4,9-10,23-26H2,1H3. The van der Waals surface area contributed by atoms with E-state index in [1.807, 2.05) is 84.9 Å². The Morgan fingerprint density at radius 3 is 1.96 bits per heavy atom. The Morgan fingerprint density at radius 1 is 0.673 bits per heavy atom. The van der Waals surface area contributed by atoms with Gasteiger partial charge in [0, 0.05) is 27.1 Å². The molecule has 5 aromatic carbocycles. The highest BCUT2D eigenvalue weighted by Gasteiger charge is 2.20. The molecular weight excluding hydrogens is 631 g/mol. The summed E-state index contributed by atoms with van der Waals surface area (Å²) in [6.07, 6.45) is 3.83. The van der Waals surface area contributed by atoms with E-state index in [1.165, 1.54) is 19.3 Å². The van der Waals surface area contributed by atoms with E-state index in [0.29, 0.717) is 29.2 Å². The van der Waals surface area contributed by atoms with Crippen LogP contribution in [-0.4, -0.2) is 43.1 Å². The summed E-state index contributed by atoms with van der Waals surface area (Å²) in [4.78, 5) is 29.1. The zero-order valence-electron chi connectivity index (χ0n) is 27.4. The molecule has 246 valence electrons. The van der Waals surface area contributed by atoms with Gasteiger partial charge in [0.2, 0.25) is 0 Å². The summed E-state index contributed by atoms with van der Waals surface area (Å²) in [5, 5.41) is 1.05. The number of likely N-dealkylation sites (tertiary alicyclic amines) is 1. The number of esters is 2. The molecule has 49 heavy (non-hydrogen) atoms. The van der Waals surface area contributed by atoms with E-state index in [1.54, 1.807) is 35.6 Å². The Balaban J connectivity index is 1.22. The Kier molecular flexibility index (Phi) is 9.82. The largest absolute Gasteiger partial charge is 0.492 e. The van der Waals surface area contributed by atoms with Gasteiger partial charge in [0.15, 0.2) is 0 Å². The van der Waals surface area contributed by atoms with Crippen LogP contribution in [0.15, 0.2) is 121 Å². The number of rotatable bonds is 10. The van der Waals surface area contributed by atoms with E-state index >= 15 is 0 Å². The summed E-state index contributed by atoms with van der Waals surface area (Å²) >= 11 is 1.63. The molecular formula is C42H37NO5S. The molecule has 1 fully saturated rings. The Bertz CT molecular complexity index is 2070. The fourth-order valence-corrected chi connectivity index (χ4v) is 7.45. The van der Waals surface area contributed by atoms with E-state index in [9.17, 15) is 9.59 Å². The maximum Gasteiger partial charge on any atom is 0.343 e. The molecule has 0 unspecified atom stereocenters. The van der Waals surface area contributed by atoms with Crippen molar-refractivity contribution in [2.24, 2.45) is 0 Å². The number of benzene rings is 5. The molecule has 0 saturated carbocycles. The molecule has 6 nitrogen and oxygen atoms in total. The Morgan fingerprint density at radius 2 is 1.29 bits per heavy atom. The monoisotopic (exact) mass is 667 g/mol. The second kappa shape index (κ2) is 14.9. The maximum atomic E-state index is 12.9. The quantitative estimate of drug-likeness (QED) is 0.107. The average Bonchev–Trinajstić information content (AvgIpc) is 3.52. The normalized spacial score (nSPS) is 13.2. The fraction of sp³-hybridized carbons (Fsp3) is 0.190. The number of hydrogen-bond donors (Lipinski definition) is 0. The predicted molar refractivity (Wildman–Crippen MR) is 196 cm³/mol. The summed E-state index contributed by atoms with van der Waals surface area (Å²) in [7, 11) is 0. The number of hydrogen-bond acceptors (Lipinski definition) is 7. The van der Waals surface area contributed by atoms with Gasteiger partial charge in [-0.3, -0.25) is 4.90 Å². The molecule has 0 atom stereocenters. The lowest BCUT2D eigenvalue weighted by atomic mass is 9.95. The first-order valence-corrected chi connectivity index (χ1v) is 17.5. The summed E-state index contributed by atoms with van der Waals surface area (Å²) in [5.74, 6) is 0.981. The van der Waals surface area contributed by atoms with Gasteiger partial charge < -0.3 is 14.2 Å². The molecule has 7 rings (SSSR count). The highest BCUT2D eigenvalue weighted by Crippen LogP contribution is 2.47. The van der Waals surface area contributed by atoms with Gasteiger partial charge in [-0.1, -0.05) is 48.9 Å². The van der Waals surface area contributed by atoms with Gasteiger partial charge >= 0.3 is 11.9 Å². The highest BCUT2D eigenvalue weighted by molar-refractivity contribution is 7.23. The first-order chi connectivity index (χ1) is 24.0. The van der Waals surface area contributed by atoms with Crippen LogP contribution in [0.3, 0.4) is 0 Å². The molecule has 0 spiro atoms. The van der Waals surface area contributed by atoms with Crippen LogP contribution in [0.5, 0.6) is 17.2 Å². The first kappa shape index (κ1) is 32.3. The number of fused-ring (bicyclic) bond motifs is 1. The minimum atomic E-state index is -0.402. The van der Waals surface area contributed by atoms with Crippen LogP contribution in [-0.2, 0) is 0 Å². The van der Waals surface area contributed by atoms with Crippen molar-refractivity contribution >= 4 is 33.4 Å². The highest BCUT2D eigenvalue weighted by atomic mass is 32.1. The molecule has 1 aromatic heterocycles. The van der Waals surface area contributed by atoms with Crippen molar-refractivity contribution in [3.8, 4) is 38.8 Å². The predicted octanol–water partition coefficient (Wildman–Crippen LogP) is 9.85. The number of carbonyl (C=O) groups is 2. The van der Waals surface area contributed by atoms with Crippen LogP contribution in [0, 0.1) is 6.92 Å². The Labute approximate surface area is 290 Å². The van der Waals surface area contributed by atoms with E-state index in [0.717, 1.165) is 62.6 Å². The number of piperidine rings is 1. The molecule has 1 aliphatic rings. The molecule has 2 heterocycles. The van der Waals surface area contributed by atoms with Crippen LogP contribution in [0.2, 0.25) is 0 Å². The minimum Gasteiger partial charge on any atom is -0.492 e. The zero-order valence-corrected chi connectivity index (χ0v) is 28.2. The summed E-state index contributed by atoms with van der Waals surface area (Å²) in [6.45, 7) is 5.95. The Hall–Kier alpha value is -5.24. The van der Waals surface area contributed by atoms with Crippen molar-refractivity contribution in [3.05, 3.63) is 138 Å². The lowest BCUT2D eigenvalue weighted by molar-refractivity contribution is 0.0725. The van der Waals surface area contributed by atoms with Gasteiger partial charge in [0.05, 0.1) is 11.1 Å². The van der Waals surface area contributed by atoms with Crippen LogP contribution in [0.4, 0.5) is 0 Å². The second-order valence-corrected chi connectivity index (χ2v) is 13.3. The van der Waals surface area contributed by atoms with Gasteiger partial charge in [-0.05, 0) is 128 Å². The lowest BCUT2D eigenvalue weighted by Crippen LogP contribution is -2.33. The first-order valence-electron chi connectivity index (χ1n) is 16.7. The molecule has 6 aromatic rings. The van der Waals surface area contributed by atoms with E-state index < -0.39 is 11.9 Å². The molecule has 0 bridgehead atoms. The topological polar surface area (TPSA) is 65.1 Å². The van der Waals surface area contributed by atoms with Gasteiger partial charge in [-0.25, -0.2) is 9.59 Å². The van der Waals surface area contributed by atoms with E-state index in [2.05, 4.69) is 24.0 Å². The van der Waals surface area contributed by atoms with Crippen molar-refractivity contribution in [2.75, 3.05) is 26.2 Å². The second-order valence-electron chi connectivity index (χ2n) is 12.2. The third-order valence-corrected chi connectivity index (χ3v) is 10.0. The molecule has 1 saturated heterocycles. The van der Waals surface area contributed by atoms with Crippen molar-refractivity contribution in [3.63, 3.8) is 0 Å². The van der Waals surface area contributed by atoms with Crippen molar-refractivity contribution in [1.29, 1.82) is 0 Å². The molecule has 1 aliphatic heterocycles. The molecule has 7 heteroatoms. The summed E-state index contributed by atoms with van der Waals surface area (Å²) < 4.78 is 18.8. The van der Waals surface area contributed by atoms with Crippen molar-refractivity contribution in [2.45, 2.75) is 26.2 Å². The summed E-state index contributed by atoms with van der Waals surface area (Å²) in [5.41, 5.74) is 5.25. The molecule has 0 amide bonds. The van der Waals surface area contributed by atoms with Gasteiger partial charge in [0.25, 0.3) is 0 Å². The van der Waals surface area contributed by atoms with Crippen LogP contribution in [0.1, 0.15) is 45.5 Å². The average molecular weight is 668 g/mol. The summed E-state index contributed by atoms with van der Waals surface area (Å²) in [6, 6.07) is 37.7. The molecule has 0 N–H and O–H groups in total. The van der Waals surface area contributed by atoms with E-state index in [-0.39, 0.29) is 0 Å². The number of aryl methyl sites for hydroxylation is 1. The maximum absolute atomic E-state index is 12.9. The van der Waals surface area contributed by atoms with Crippen LogP contribution < -0.4 is 14.2 Å². The lowest BCUT2D eigenvalue weighted by Gasteiger charge is -2.26. The zero-order chi connectivity index (χ0) is 33.6.